The molecule has 2 rings (SSSR count). The number of nitrogens with one attached hydrogen (secondary N) is 1. The van der Waals surface area contributed by atoms with E-state index >= 15 is 0 Å². The standard InChI is InChI=1S/C17H16Cl2N2O5S/c1-21(2)27(24,25)15-5-3-11(4-6-15)17(23)26-10-16(22)20-14-8-12(18)7-13(19)9-14/h3-9H,10H2,1-2H3,(H,20,22). The van der Waals surface area contributed by atoms with Gasteiger partial charge in [-0.05, 0) is 42.5 Å². The van der Waals surface area contributed by atoms with Crippen LogP contribution in [0.3, 0.4) is 0 Å². The molecule has 0 bridgehead atoms. The number of benzene rings is 2. The number of sulfonamides is 1. The van der Waals surface area contributed by atoms with Gasteiger partial charge >= 0.3 is 5.97 Å². The molecule has 27 heavy (non-hydrogen) atoms. The molecule has 0 unspecified atom stereocenters. The van der Waals surface area contributed by atoms with Crippen molar-refractivity contribution in [2.75, 3.05) is 26.0 Å². The van der Waals surface area contributed by atoms with E-state index in [1.165, 1.54) is 56.6 Å². The molecule has 7 nitrogen and oxygen atoms in total. The summed E-state index contributed by atoms with van der Waals surface area (Å²) in [5, 5.41) is 3.20. The molecule has 0 saturated heterocycles. The Kier molecular flexibility index (Phi) is 6.83. The predicted octanol–water partition coefficient (Wildman–Crippen LogP) is 3.04. The highest BCUT2D eigenvalue weighted by atomic mass is 35.5. The molecule has 0 fully saturated rings. The fraction of sp³-hybridized carbons (Fsp3) is 0.176. The number of amides is 1. The fourth-order valence-corrected chi connectivity index (χ4v) is 3.44. The summed E-state index contributed by atoms with van der Waals surface area (Å²) >= 11 is 11.7. The Balaban J connectivity index is 1.96. The van der Waals surface area contributed by atoms with Crippen LogP contribution in [0.25, 0.3) is 0 Å². The number of carbonyl (C=O) groups excluding carboxylic acids is 2. The second-order valence-corrected chi connectivity index (χ2v) is 8.62. The molecule has 0 atom stereocenters. The van der Waals surface area contributed by atoms with Gasteiger partial charge < -0.3 is 10.1 Å². The molecule has 0 radical (unpaired) electrons. The minimum atomic E-state index is -3.59. The van der Waals surface area contributed by atoms with Gasteiger partial charge in [-0.3, -0.25) is 4.79 Å². The average molecular weight is 431 g/mol. The Morgan fingerprint density at radius 3 is 2.11 bits per heavy atom. The topological polar surface area (TPSA) is 92.8 Å². The Labute approximate surface area is 166 Å². The molecule has 0 saturated carbocycles. The molecule has 1 N–H and O–H groups in total. The lowest BCUT2D eigenvalue weighted by atomic mass is 10.2. The number of hydrogen-bond acceptors (Lipinski definition) is 5. The van der Waals surface area contributed by atoms with Gasteiger partial charge in [-0.2, -0.15) is 0 Å². The van der Waals surface area contributed by atoms with Crippen LogP contribution in [0.2, 0.25) is 10.0 Å². The molecule has 2 aromatic carbocycles. The first-order valence-corrected chi connectivity index (χ1v) is 9.75. The van der Waals surface area contributed by atoms with E-state index in [1.807, 2.05) is 0 Å². The van der Waals surface area contributed by atoms with Crippen molar-refractivity contribution in [3.63, 3.8) is 0 Å². The normalized spacial score (nSPS) is 11.3. The Morgan fingerprint density at radius 2 is 1.59 bits per heavy atom. The lowest BCUT2D eigenvalue weighted by Gasteiger charge is -2.11. The number of hydrogen-bond donors (Lipinski definition) is 1. The SMILES string of the molecule is CN(C)S(=O)(=O)c1ccc(C(=O)OCC(=O)Nc2cc(Cl)cc(Cl)c2)cc1. The highest BCUT2D eigenvalue weighted by Gasteiger charge is 2.18. The monoisotopic (exact) mass is 430 g/mol. The third-order valence-corrected chi connectivity index (χ3v) is 5.62. The second kappa shape index (κ2) is 8.71. The van der Waals surface area contributed by atoms with E-state index in [2.05, 4.69) is 5.32 Å². The van der Waals surface area contributed by atoms with Crippen molar-refractivity contribution in [2.24, 2.45) is 0 Å². The first-order chi connectivity index (χ1) is 12.6. The van der Waals surface area contributed by atoms with Crippen LogP contribution in [0.5, 0.6) is 0 Å². The van der Waals surface area contributed by atoms with E-state index in [0.717, 1.165) is 4.31 Å². The lowest BCUT2D eigenvalue weighted by molar-refractivity contribution is -0.119. The third-order valence-electron chi connectivity index (χ3n) is 3.35. The number of ether oxygens (including phenoxy) is 1. The van der Waals surface area contributed by atoms with Crippen LogP contribution in [0.4, 0.5) is 5.69 Å². The second-order valence-electron chi connectivity index (χ2n) is 5.59. The van der Waals surface area contributed by atoms with Gasteiger partial charge in [-0.1, -0.05) is 23.2 Å². The summed E-state index contributed by atoms with van der Waals surface area (Å²) in [6.07, 6.45) is 0. The summed E-state index contributed by atoms with van der Waals surface area (Å²) in [4.78, 5) is 23.9. The average Bonchev–Trinajstić information content (AvgIpc) is 2.58. The molecule has 1 amide bonds. The van der Waals surface area contributed by atoms with Gasteiger partial charge in [-0.15, -0.1) is 0 Å². The lowest BCUT2D eigenvalue weighted by Crippen LogP contribution is -2.22. The van der Waals surface area contributed by atoms with E-state index in [-0.39, 0.29) is 10.5 Å². The zero-order valence-corrected chi connectivity index (χ0v) is 16.7. The molecule has 10 heteroatoms. The summed E-state index contributed by atoms with van der Waals surface area (Å²) in [6.45, 7) is -0.527. The molecule has 144 valence electrons. The van der Waals surface area contributed by atoms with Crippen LogP contribution in [0.15, 0.2) is 47.4 Å². The number of nitrogens with zero attached hydrogens (tertiary/aromatic N) is 1. The van der Waals surface area contributed by atoms with Crippen LogP contribution in [-0.4, -0.2) is 45.3 Å². The first kappa shape index (κ1) is 21.2. The Hall–Kier alpha value is -2.13. The number of halogens is 2. The number of carbonyl (C=O) groups is 2. The number of anilines is 1. The zero-order valence-electron chi connectivity index (χ0n) is 14.4. The van der Waals surface area contributed by atoms with Crippen LogP contribution >= 0.6 is 23.2 Å². The molecule has 0 aliphatic rings. The maximum absolute atomic E-state index is 12.0. The van der Waals surface area contributed by atoms with Gasteiger partial charge in [0.2, 0.25) is 10.0 Å². The molecule has 0 aliphatic carbocycles. The molecular formula is C17H16Cl2N2O5S. The number of esters is 1. The maximum Gasteiger partial charge on any atom is 0.338 e. The van der Waals surface area contributed by atoms with Gasteiger partial charge in [-0.25, -0.2) is 17.5 Å². The largest absolute Gasteiger partial charge is 0.452 e. The van der Waals surface area contributed by atoms with Gasteiger partial charge in [0, 0.05) is 29.8 Å². The summed E-state index contributed by atoms with van der Waals surface area (Å²) in [5.41, 5.74) is 0.484. The molecule has 0 aromatic heterocycles. The molecule has 0 aliphatic heterocycles. The number of rotatable bonds is 6. The van der Waals surface area contributed by atoms with Crippen molar-refractivity contribution >= 4 is 50.8 Å². The quantitative estimate of drug-likeness (QED) is 0.710. The minimum absolute atomic E-state index is 0.0413. The maximum atomic E-state index is 12.0. The van der Waals surface area contributed by atoms with Crippen molar-refractivity contribution in [1.82, 2.24) is 4.31 Å². The van der Waals surface area contributed by atoms with Gasteiger partial charge in [0.1, 0.15) is 0 Å². The summed E-state index contributed by atoms with van der Waals surface area (Å²) in [7, 11) is -0.779. The van der Waals surface area contributed by atoms with E-state index in [1.54, 1.807) is 0 Å². The predicted molar refractivity (Wildman–Crippen MR) is 103 cm³/mol. The fourth-order valence-electron chi connectivity index (χ4n) is 2.01. The molecule has 2 aromatic rings. The Bertz CT molecular complexity index is 940. The van der Waals surface area contributed by atoms with E-state index < -0.39 is 28.5 Å². The van der Waals surface area contributed by atoms with Crippen LogP contribution in [0.1, 0.15) is 10.4 Å². The van der Waals surface area contributed by atoms with Crippen molar-refractivity contribution in [3.8, 4) is 0 Å². The van der Waals surface area contributed by atoms with Crippen molar-refractivity contribution in [3.05, 3.63) is 58.1 Å². The van der Waals surface area contributed by atoms with Gasteiger partial charge in [0.15, 0.2) is 6.61 Å². The minimum Gasteiger partial charge on any atom is -0.452 e. The van der Waals surface area contributed by atoms with Crippen molar-refractivity contribution in [1.29, 1.82) is 0 Å². The molecule has 0 spiro atoms. The van der Waals surface area contributed by atoms with E-state index in [9.17, 15) is 18.0 Å². The van der Waals surface area contributed by atoms with Crippen molar-refractivity contribution in [2.45, 2.75) is 4.90 Å². The summed E-state index contributed by atoms with van der Waals surface area (Å²) in [6, 6.07) is 9.72. The van der Waals surface area contributed by atoms with E-state index in [0.29, 0.717) is 15.7 Å². The van der Waals surface area contributed by atoms with E-state index in [4.69, 9.17) is 27.9 Å². The van der Waals surface area contributed by atoms with Gasteiger partial charge in [0.05, 0.1) is 10.5 Å². The van der Waals surface area contributed by atoms with Crippen molar-refractivity contribution < 1.29 is 22.7 Å². The van der Waals surface area contributed by atoms with Crippen LogP contribution < -0.4 is 5.32 Å². The summed E-state index contributed by atoms with van der Waals surface area (Å²) in [5.74, 6) is -1.34. The zero-order chi connectivity index (χ0) is 20.2. The molecule has 0 heterocycles. The highest BCUT2D eigenvalue weighted by Crippen LogP contribution is 2.22. The third kappa shape index (κ3) is 5.67. The van der Waals surface area contributed by atoms with Gasteiger partial charge in [0.25, 0.3) is 5.91 Å². The van der Waals surface area contributed by atoms with Crippen LogP contribution in [0, 0.1) is 0 Å². The highest BCUT2D eigenvalue weighted by molar-refractivity contribution is 7.89. The summed E-state index contributed by atoms with van der Waals surface area (Å²) < 4.78 is 30.0. The first-order valence-electron chi connectivity index (χ1n) is 7.55. The molecular weight excluding hydrogens is 415 g/mol. The van der Waals surface area contributed by atoms with Crippen LogP contribution in [-0.2, 0) is 19.6 Å². The smallest absolute Gasteiger partial charge is 0.338 e. The Morgan fingerprint density at radius 1 is 1.04 bits per heavy atom.